The normalized spacial score (nSPS) is 25.3. The van der Waals surface area contributed by atoms with Crippen LogP contribution in [0.4, 0.5) is 5.82 Å². The number of aromatic nitrogens is 3. The number of hydrogen-bond acceptors (Lipinski definition) is 13. The molecule has 0 amide bonds. The van der Waals surface area contributed by atoms with Gasteiger partial charge in [-0.05, 0) is 37.7 Å². The molecule has 2 unspecified atom stereocenters. The molecule has 0 saturated carbocycles. The Morgan fingerprint density at radius 1 is 1.21 bits per heavy atom. The Bertz CT molecular complexity index is 1310. The fourth-order valence-corrected chi connectivity index (χ4v) is 7.72. The van der Waals surface area contributed by atoms with Gasteiger partial charge in [-0.25, -0.2) is 18.7 Å². The molecule has 5 atom stereocenters. The van der Waals surface area contributed by atoms with Gasteiger partial charge >= 0.3 is 23.5 Å². The Morgan fingerprint density at radius 3 is 2.49 bits per heavy atom. The second kappa shape index (κ2) is 12.5. The SMILES string of the molecule is CCN(CC)CCOP(=O)(OP(=O)(O)O)OP(=O)(O)OC[C@@]1(C)O[C@@H](n2ccc3c(N)nc(Cl)nc32)C[C@@H]1O. The second-order valence-corrected chi connectivity index (χ2v) is 13.7. The van der Waals surface area contributed by atoms with E-state index in [-0.39, 0.29) is 24.1 Å². The summed E-state index contributed by atoms with van der Waals surface area (Å²) < 4.78 is 62.5. The maximum absolute atomic E-state index is 12.8. The lowest BCUT2D eigenvalue weighted by Gasteiger charge is -2.29. The van der Waals surface area contributed by atoms with E-state index in [9.17, 15) is 23.7 Å². The molecule has 2 aromatic rings. The monoisotopic (exact) mass is 637 g/mol. The molecular weight excluding hydrogens is 607 g/mol. The molecule has 1 aliphatic heterocycles. The number of nitrogen functional groups attached to an aromatic ring is 1. The smallest absolute Gasteiger partial charge is 0.390 e. The highest BCUT2D eigenvalue weighted by Crippen LogP contribution is 2.69. The van der Waals surface area contributed by atoms with Crippen LogP contribution in [-0.2, 0) is 36.1 Å². The summed E-state index contributed by atoms with van der Waals surface area (Å²) in [7, 11) is -16.1. The van der Waals surface area contributed by atoms with Crippen LogP contribution in [0.1, 0.15) is 33.4 Å². The van der Waals surface area contributed by atoms with Crippen molar-refractivity contribution in [1.29, 1.82) is 0 Å². The molecule has 222 valence electrons. The number of anilines is 1. The number of aliphatic hydroxyl groups excluding tert-OH is 1. The number of rotatable bonds is 14. The number of phosphoric ester groups is 1. The lowest BCUT2D eigenvalue weighted by Crippen LogP contribution is -2.40. The third kappa shape index (κ3) is 8.51. The summed E-state index contributed by atoms with van der Waals surface area (Å²) in [6.07, 6.45) is -0.488. The highest BCUT2D eigenvalue weighted by atomic mass is 35.5. The topological polar surface area (TPSA) is 238 Å². The average Bonchev–Trinajstić information content (AvgIpc) is 3.35. The molecule has 0 radical (unpaired) electrons. The van der Waals surface area contributed by atoms with E-state index in [0.29, 0.717) is 24.1 Å². The van der Waals surface area contributed by atoms with Crippen LogP contribution in [-0.4, -0.2) is 83.8 Å². The van der Waals surface area contributed by atoms with Gasteiger partial charge in [0.1, 0.15) is 23.3 Å². The molecule has 1 saturated heterocycles. The maximum Gasteiger partial charge on any atom is 0.492 e. The molecule has 0 spiro atoms. The van der Waals surface area contributed by atoms with Gasteiger partial charge in [0.2, 0.25) is 5.28 Å². The lowest BCUT2D eigenvalue weighted by atomic mass is 10.0. The predicted molar refractivity (Wildman–Crippen MR) is 137 cm³/mol. The van der Waals surface area contributed by atoms with Crippen molar-refractivity contribution in [2.24, 2.45) is 0 Å². The van der Waals surface area contributed by atoms with Gasteiger partial charge in [0.15, 0.2) is 0 Å². The first-order valence-corrected chi connectivity index (χ1v) is 16.4. The van der Waals surface area contributed by atoms with Crippen molar-refractivity contribution in [3.05, 3.63) is 17.5 Å². The Balaban J connectivity index is 1.70. The van der Waals surface area contributed by atoms with Gasteiger partial charge in [-0.2, -0.15) is 13.6 Å². The van der Waals surface area contributed by atoms with Gasteiger partial charge in [0.05, 0.1) is 24.7 Å². The van der Waals surface area contributed by atoms with E-state index in [1.165, 1.54) is 11.5 Å². The summed E-state index contributed by atoms with van der Waals surface area (Å²) in [5.74, 6) is 0.132. The summed E-state index contributed by atoms with van der Waals surface area (Å²) in [5, 5.41) is 11.0. The van der Waals surface area contributed by atoms with Crippen LogP contribution in [0.5, 0.6) is 0 Å². The fraction of sp³-hybridized carbons (Fsp3) is 0.667. The van der Waals surface area contributed by atoms with Crippen LogP contribution >= 0.6 is 35.1 Å². The van der Waals surface area contributed by atoms with Crippen molar-refractivity contribution in [2.75, 3.05) is 38.6 Å². The largest absolute Gasteiger partial charge is 0.492 e. The Labute approximate surface area is 228 Å². The summed E-state index contributed by atoms with van der Waals surface area (Å²) in [4.78, 5) is 38.2. The molecule has 3 rings (SSSR count). The van der Waals surface area contributed by atoms with E-state index in [1.807, 2.05) is 18.7 Å². The molecule has 21 heteroatoms. The minimum absolute atomic E-state index is 0.00394. The van der Waals surface area contributed by atoms with Gasteiger partial charge in [0, 0.05) is 19.2 Å². The number of nitrogens with two attached hydrogens (primary N) is 1. The van der Waals surface area contributed by atoms with Crippen molar-refractivity contribution in [3.63, 3.8) is 0 Å². The van der Waals surface area contributed by atoms with Gasteiger partial charge in [0.25, 0.3) is 0 Å². The third-order valence-corrected chi connectivity index (χ3v) is 10.3. The molecule has 39 heavy (non-hydrogen) atoms. The number of hydrogen-bond donors (Lipinski definition) is 5. The van der Waals surface area contributed by atoms with E-state index in [4.69, 9.17) is 40.9 Å². The summed E-state index contributed by atoms with van der Waals surface area (Å²) in [6, 6.07) is 1.62. The summed E-state index contributed by atoms with van der Waals surface area (Å²) in [6.45, 7) is 5.18. The van der Waals surface area contributed by atoms with Gasteiger partial charge in [-0.15, -0.1) is 0 Å². The van der Waals surface area contributed by atoms with E-state index in [0.717, 1.165) is 0 Å². The van der Waals surface area contributed by atoms with Crippen molar-refractivity contribution < 1.29 is 55.9 Å². The van der Waals surface area contributed by atoms with Crippen molar-refractivity contribution in [1.82, 2.24) is 19.4 Å². The molecule has 0 bridgehead atoms. The van der Waals surface area contributed by atoms with E-state index >= 15 is 0 Å². The predicted octanol–water partition coefficient (Wildman–Crippen LogP) is 2.41. The molecule has 2 aromatic heterocycles. The number of nitrogens with zero attached hydrogens (tertiary/aromatic N) is 4. The highest BCUT2D eigenvalue weighted by Gasteiger charge is 2.49. The molecule has 0 aromatic carbocycles. The van der Waals surface area contributed by atoms with E-state index in [2.05, 4.69) is 18.6 Å². The van der Waals surface area contributed by atoms with Crippen LogP contribution < -0.4 is 5.73 Å². The first-order valence-electron chi connectivity index (χ1n) is 11.6. The minimum Gasteiger partial charge on any atom is -0.390 e. The second-order valence-electron chi connectivity index (χ2n) is 8.68. The summed E-state index contributed by atoms with van der Waals surface area (Å²) in [5.41, 5.74) is 4.60. The number of halogens is 1. The zero-order chi connectivity index (χ0) is 29.2. The number of fused-ring (bicyclic) bond motifs is 1. The standard InChI is InChI=1S/C18H31ClN5O12P3/c1-4-23(5-2)8-9-32-39(31,35-37(26,27)28)36-38(29,30)33-11-18(3)13(25)10-14(34-18)24-7-6-12-15(20)21-17(19)22-16(12)24/h6-7,13-14,25H,4-5,8-11H2,1-3H3,(H,29,30)(H2,20,21,22)(H2,26,27,28)/t13-,14+,18+,39?/m0/s1. The molecule has 17 nitrogen and oxygen atoms in total. The maximum atomic E-state index is 12.8. The van der Waals surface area contributed by atoms with Crippen molar-refractivity contribution in [3.8, 4) is 0 Å². The highest BCUT2D eigenvalue weighted by molar-refractivity contribution is 7.67. The fourth-order valence-electron chi connectivity index (χ4n) is 3.81. The molecule has 0 aliphatic carbocycles. The Hall–Kier alpha value is -1.00. The lowest BCUT2D eigenvalue weighted by molar-refractivity contribution is -0.113. The van der Waals surface area contributed by atoms with Crippen molar-refractivity contribution >= 4 is 51.9 Å². The number of ether oxygens (including phenoxy) is 1. The van der Waals surface area contributed by atoms with Crippen LogP contribution in [0.2, 0.25) is 5.28 Å². The summed E-state index contributed by atoms with van der Waals surface area (Å²) >= 11 is 5.91. The molecule has 1 fully saturated rings. The van der Waals surface area contributed by atoms with Crippen LogP contribution in [0.25, 0.3) is 11.0 Å². The van der Waals surface area contributed by atoms with Crippen molar-refractivity contribution in [2.45, 2.75) is 45.1 Å². The quantitative estimate of drug-likeness (QED) is 0.148. The van der Waals surface area contributed by atoms with E-state index in [1.54, 1.807) is 12.3 Å². The van der Waals surface area contributed by atoms with Gasteiger partial charge in [-0.1, -0.05) is 13.8 Å². The Kier molecular flexibility index (Phi) is 10.4. The number of likely N-dealkylation sites (N-methyl/N-ethyl adjacent to an activating group) is 1. The van der Waals surface area contributed by atoms with Gasteiger partial charge < -0.3 is 39.7 Å². The van der Waals surface area contributed by atoms with Crippen LogP contribution in [0.3, 0.4) is 0 Å². The molecule has 1 aliphatic rings. The molecular formula is C18H31ClN5O12P3. The molecule has 3 heterocycles. The third-order valence-electron chi connectivity index (χ3n) is 5.89. The van der Waals surface area contributed by atoms with Crippen LogP contribution in [0, 0.1) is 0 Å². The first-order chi connectivity index (χ1) is 18.0. The zero-order valence-corrected chi connectivity index (χ0v) is 24.6. The Morgan fingerprint density at radius 2 is 1.87 bits per heavy atom. The minimum atomic E-state index is -5.49. The van der Waals surface area contributed by atoms with E-state index < -0.39 is 54.6 Å². The zero-order valence-electron chi connectivity index (χ0n) is 21.2. The number of aliphatic hydroxyl groups is 1. The average molecular weight is 638 g/mol. The first kappa shape index (κ1) is 32.5. The molecule has 6 N–H and O–H groups in total. The van der Waals surface area contributed by atoms with Crippen LogP contribution in [0.15, 0.2) is 12.3 Å². The number of phosphoric acid groups is 3. The van der Waals surface area contributed by atoms with Gasteiger partial charge in [-0.3, -0.25) is 9.05 Å².